The second kappa shape index (κ2) is 5.67. The predicted octanol–water partition coefficient (Wildman–Crippen LogP) is 1.06. The molecule has 1 aliphatic rings. The number of benzene rings is 1. The number of hydrogen-bond donors (Lipinski definition) is 1. The number of carboxylic acids is 1. The highest BCUT2D eigenvalue weighted by Gasteiger charge is 2.30. The molecule has 0 bridgehead atoms. The largest absolute Gasteiger partial charge is 0.478 e. The molecule has 0 fully saturated rings. The number of ether oxygens (including phenoxy) is 1. The SMILES string of the molecule is COC(=O)C1=C(C(=O)O)CN(Cc2ccccc2)C1. The van der Waals surface area contributed by atoms with E-state index in [1.54, 1.807) is 0 Å². The third-order valence-electron chi connectivity index (χ3n) is 3.07. The lowest BCUT2D eigenvalue weighted by atomic mass is 10.1. The first-order valence-corrected chi connectivity index (χ1v) is 5.91. The van der Waals surface area contributed by atoms with Crippen LogP contribution in [-0.2, 0) is 20.9 Å². The smallest absolute Gasteiger partial charge is 0.335 e. The van der Waals surface area contributed by atoms with Gasteiger partial charge in [0.25, 0.3) is 0 Å². The molecule has 0 aromatic heterocycles. The normalized spacial score (nSPS) is 15.6. The number of aliphatic carboxylic acids is 1. The molecule has 0 spiro atoms. The summed E-state index contributed by atoms with van der Waals surface area (Å²) in [5.74, 6) is -1.62. The number of carbonyl (C=O) groups is 2. The minimum absolute atomic E-state index is 0.128. The highest BCUT2D eigenvalue weighted by molar-refractivity contribution is 6.01. The fourth-order valence-corrected chi connectivity index (χ4v) is 2.16. The Hall–Kier alpha value is -2.14. The topological polar surface area (TPSA) is 66.8 Å². The lowest BCUT2D eigenvalue weighted by Crippen LogP contribution is -2.22. The average molecular weight is 261 g/mol. The van der Waals surface area contributed by atoms with Crippen molar-refractivity contribution in [2.75, 3.05) is 20.2 Å². The Morgan fingerprint density at radius 1 is 1.21 bits per heavy atom. The monoisotopic (exact) mass is 261 g/mol. The highest BCUT2D eigenvalue weighted by Crippen LogP contribution is 2.21. The molecule has 1 heterocycles. The van der Waals surface area contributed by atoms with Crippen LogP contribution in [0.15, 0.2) is 41.5 Å². The lowest BCUT2D eigenvalue weighted by molar-refractivity contribution is -0.137. The Balaban J connectivity index is 2.11. The minimum atomic E-state index is -1.06. The van der Waals surface area contributed by atoms with Gasteiger partial charge in [-0.05, 0) is 5.56 Å². The van der Waals surface area contributed by atoms with Crippen molar-refractivity contribution in [2.24, 2.45) is 0 Å². The Labute approximate surface area is 111 Å². The number of rotatable bonds is 4. The number of carbonyl (C=O) groups excluding carboxylic acids is 1. The fraction of sp³-hybridized carbons (Fsp3) is 0.286. The quantitative estimate of drug-likeness (QED) is 0.821. The van der Waals surface area contributed by atoms with Gasteiger partial charge in [-0.15, -0.1) is 0 Å². The van der Waals surface area contributed by atoms with Gasteiger partial charge in [0.1, 0.15) is 0 Å². The van der Waals surface area contributed by atoms with Gasteiger partial charge in [0.2, 0.25) is 0 Å². The molecular formula is C14H15NO4. The van der Waals surface area contributed by atoms with Crippen LogP contribution in [0.5, 0.6) is 0 Å². The molecule has 1 N–H and O–H groups in total. The molecule has 0 saturated heterocycles. The van der Waals surface area contributed by atoms with E-state index in [1.165, 1.54) is 7.11 Å². The number of nitrogens with zero attached hydrogens (tertiary/aromatic N) is 1. The first-order chi connectivity index (χ1) is 9.11. The van der Waals surface area contributed by atoms with E-state index in [-0.39, 0.29) is 17.7 Å². The first-order valence-electron chi connectivity index (χ1n) is 5.91. The number of methoxy groups -OCH3 is 1. The Morgan fingerprint density at radius 3 is 2.42 bits per heavy atom. The third kappa shape index (κ3) is 3.00. The van der Waals surface area contributed by atoms with Crippen LogP contribution in [0.3, 0.4) is 0 Å². The molecule has 100 valence electrons. The Morgan fingerprint density at radius 2 is 1.84 bits per heavy atom. The van der Waals surface area contributed by atoms with E-state index in [1.807, 2.05) is 35.2 Å². The van der Waals surface area contributed by atoms with E-state index in [0.717, 1.165) is 5.56 Å². The van der Waals surface area contributed by atoms with Gasteiger partial charge in [-0.2, -0.15) is 0 Å². The van der Waals surface area contributed by atoms with Gasteiger partial charge in [-0.1, -0.05) is 30.3 Å². The number of esters is 1. The summed E-state index contributed by atoms with van der Waals surface area (Å²) in [6, 6.07) is 9.72. The minimum Gasteiger partial charge on any atom is -0.478 e. The van der Waals surface area contributed by atoms with Gasteiger partial charge in [-0.3, -0.25) is 4.90 Å². The molecule has 1 aromatic carbocycles. The first kappa shape index (κ1) is 13.3. The second-order valence-electron chi connectivity index (χ2n) is 4.38. The molecule has 0 atom stereocenters. The van der Waals surface area contributed by atoms with Crippen molar-refractivity contribution in [3.63, 3.8) is 0 Å². The van der Waals surface area contributed by atoms with E-state index in [4.69, 9.17) is 5.11 Å². The summed E-state index contributed by atoms with van der Waals surface area (Å²) in [7, 11) is 1.26. The molecule has 5 heteroatoms. The molecule has 1 aliphatic heterocycles. The fourth-order valence-electron chi connectivity index (χ4n) is 2.16. The van der Waals surface area contributed by atoms with E-state index < -0.39 is 11.9 Å². The van der Waals surface area contributed by atoms with Gasteiger partial charge < -0.3 is 9.84 Å². The molecule has 0 aliphatic carbocycles. The zero-order valence-corrected chi connectivity index (χ0v) is 10.6. The van der Waals surface area contributed by atoms with Crippen molar-refractivity contribution in [1.29, 1.82) is 0 Å². The maximum Gasteiger partial charge on any atom is 0.335 e. The summed E-state index contributed by atoms with van der Waals surface area (Å²) in [6.07, 6.45) is 0. The van der Waals surface area contributed by atoms with E-state index in [9.17, 15) is 9.59 Å². The van der Waals surface area contributed by atoms with Crippen molar-refractivity contribution < 1.29 is 19.4 Å². The second-order valence-corrected chi connectivity index (χ2v) is 4.38. The van der Waals surface area contributed by atoms with E-state index in [2.05, 4.69) is 4.74 Å². The Kier molecular flexibility index (Phi) is 3.97. The molecule has 5 nitrogen and oxygen atoms in total. The summed E-state index contributed by atoms with van der Waals surface area (Å²) in [6.45, 7) is 1.18. The van der Waals surface area contributed by atoms with Crippen molar-refractivity contribution in [3.05, 3.63) is 47.0 Å². The van der Waals surface area contributed by atoms with Crippen LogP contribution < -0.4 is 0 Å². The van der Waals surface area contributed by atoms with Gasteiger partial charge in [-0.25, -0.2) is 9.59 Å². The van der Waals surface area contributed by atoms with Gasteiger partial charge >= 0.3 is 11.9 Å². The zero-order chi connectivity index (χ0) is 13.8. The van der Waals surface area contributed by atoms with Gasteiger partial charge in [0.05, 0.1) is 18.3 Å². The van der Waals surface area contributed by atoms with Crippen LogP contribution in [0.25, 0.3) is 0 Å². The third-order valence-corrected chi connectivity index (χ3v) is 3.07. The molecule has 2 rings (SSSR count). The number of carboxylic acid groups (broad SMARTS) is 1. The summed E-state index contributed by atoms with van der Waals surface area (Å²) < 4.78 is 4.63. The molecule has 0 unspecified atom stereocenters. The summed E-state index contributed by atoms with van der Waals surface area (Å²) in [5.41, 5.74) is 1.45. The van der Waals surface area contributed by atoms with Gasteiger partial charge in [0, 0.05) is 19.6 Å². The van der Waals surface area contributed by atoms with Crippen molar-refractivity contribution in [2.45, 2.75) is 6.54 Å². The maximum atomic E-state index is 11.6. The van der Waals surface area contributed by atoms with Crippen molar-refractivity contribution >= 4 is 11.9 Å². The standard InChI is InChI=1S/C14H15NO4/c1-19-14(18)12-9-15(8-11(12)13(16)17)7-10-5-3-2-4-6-10/h2-6H,7-9H2,1H3,(H,16,17). The molecule has 19 heavy (non-hydrogen) atoms. The zero-order valence-electron chi connectivity index (χ0n) is 10.6. The Bertz CT molecular complexity index is 522. The van der Waals surface area contributed by atoms with Crippen LogP contribution >= 0.6 is 0 Å². The highest BCUT2D eigenvalue weighted by atomic mass is 16.5. The van der Waals surface area contributed by atoms with E-state index in [0.29, 0.717) is 13.1 Å². The van der Waals surface area contributed by atoms with Gasteiger partial charge in [0.15, 0.2) is 0 Å². The van der Waals surface area contributed by atoms with Crippen LogP contribution in [0.1, 0.15) is 5.56 Å². The van der Waals surface area contributed by atoms with Crippen LogP contribution in [0, 0.1) is 0 Å². The van der Waals surface area contributed by atoms with Crippen molar-refractivity contribution in [1.82, 2.24) is 4.90 Å². The average Bonchev–Trinajstić information content (AvgIpc) is 2.83. The van der Waals surface area contributed by atoms with Crippen LogP contribution in [-0.4, -0.2) is 42.1 Å². The van der Waals surface area contributed by atoms with E-state index >= 15 is 0 Å². The molecular weight excluding hydrogens is 246 g/mol. The predicted molar refractivity (Wildman–Crippen MR) is 68.4 cm³/mol. The lowest BCUT2D eigenvalue weighted by Gasteiger charge is -2.15. The summed E-state index contributed by atoms with van der Waals surface area (Å²) in [5, 5.41) is 9.12. The van der Waals surface area contributed by atoms with Crippen molar-refractivity contribution in [3.8, 4) is 0 Å². The molecule has 0 amide bonds. The van der Waals surface area contributed by atoms with Crippen LogP contribution in [0.4, 0.5) is 0 Å². The summed E-state index contributed by atoms with van der Waals surface area (Å²) in [4.78, 5) is 24.6. The molecule has 0 saturated carbocycles. The van der Waals surface area contributed by atoms with Crippen LogP contribution in [0.2, 0.25) is 0 Å². The number of hydrogen-bond acceptors (Lipinski definition) is 4. The molecule has 0 radical (unpaired) electrons. The summed E-state index contributed by atoms with van der Waals surface area (Å²) >= 11 is 0. The maximum absolute atomic E-state index is 11.6. The molecule has 1 aromatic rings.